The topological polar surface area (TPSA) is 99.7 Å². The first-order valence-electron chi connectivity index (χ1n) is 13.5. The Morgan fingerprint density at radius 3 is 2.62 bits per heavy atom. The van der Waals surface area contributed by atoms with Gasteiger partial charge in [0.2, 0.25) is 0 Å². The maximum atomic E-state index is 13.0. The number of aromatic hydroxyl groups is 1. The van der Waals surface area contributed by atoms with Gasteiger partial charge >= 0.3 is 6.03 Å². The number of hydrogen-bond donors (Lipinski definition) is 4. The molecule has 5 atom stereocenters. The molecule has 7 heteroatoms. The zero-order chi connectivity index (χ0) is 26.2. The summed E-state index contributed by atoms with van der Waals surface area (Å²) in [6.45, 7) is 9.59. The van der Waals surface area contributed by atoms with Crippen LogP contribution in [-0.2, 0) is 13.0 Å². The smallest absolute Gasteiger partial charge is 0.319 e. The molecule has 1 spiro atoms. The number of phenolic OH excluding ortho intramolecular Hbond substituents is 1. The van der Waals surface area contributed by atoms with E-state index >= 15 is 0 Å². The van der Waals surface area contributed by atoms with Crippen LogP contribution in [0.2, 0.25) is 0 Å². The van der Waals surface area contributed by atoms with E-state index in [1.165, 1.54) is 0 Å². The van der Waals surface area contributed by atoms with E-state index in [1.54, 1.807) is 6.07 Å². The number of rotatable bonds is 2. The van der Waals surface area contributed by atoms with Crippen molar-refractivity contribution in [2.24, 2.45) is 22.7 Å². The van der Waals surface area contributed by atoms with E-state index in [4.69, 9.17) is 4.74 Å². The van der Waals surface area contributed by atoms with Crippen molar-refractivity contribution < 1.29 is 19.4 Å². The van der Waals surface area contributed by atoms with Crippen molar-refractivity contribution in [3.05, 3.63) is 53.1 Å². The van der Waals surface area contributed by atoms with Crippen LogP contribution in [0.4, 0.5) is 10.5 Å². The molecule has 0 radical (unpaired) electrons. The number of hydrogen-bond acceptors (Lipinski definition) is 4. The Hall–Kier alpha value is -3.22. The van der Waals surface area contributed by atoms with Crippen molar-refractivity contribution in [2.45, 2.75) is 78.0 Å². The highest BCUT2D eigenvalue weighted by molar-refractivity contribution is 6.00. The fourth-order valence-corrected chi connectivity index (χ4v) is 8.07. The number of urea groups is 1. The summed E-state index contributed by atoms with van der Waals surface area (Å²) in [7, 11) is 0. The molecule has 0 bridgehead atoms. The van der Waals surface area contributed by atoms with Gasteiger partial charge in [0, 0.05) is 40.7 Å². The van der Waals surface area contributed by atoms with Crippen LogP contribution in [0.25, 0.3) is 0 Å². The predicted molar refractivity (Wildman–Crippen MR) is 142 cm³/mol. The number of carbonyl (C=O) groups excluding carboxylic acids is 2. The fourth-order valence-electron chi connectivity index (χ4n) is 8.07. The minimum Gasteiger partial charge on any atom is -0.508 e. The second-order valence-corrected chi connectivity index (χ2v) is 12.4. The lowest BCUT2D eigenvalue weighted by atomic mass is 9.43. The molecule has 4 N–H and O–H groups in total. The molecule has 0 saturated heterocycles. The van der Waals surface area contributed by atoms with Gasteiger partial charge < -0.3 is 25.8 Å². The standard InChI is InChI=1S/C30H37N3O4/c1-17-10-11-23-28(2,3)24(33-27(36)32-18-8-6-5-7-9-18)12-13-30(23)29(17,4)15-20-22(34)14-19-21(25(20)37-30)16-31-26(19)35/h5-9,14,17,23-24,34H,10-13,15-16H2,1-4H3,(H,31,35)(H2,32,33,36)/t17-,23-,24-,29+,30-/m0/s1. The zero-order valence-electron chi connectivity index (χ0n) is 22.1. The molecule has 2 fully saturated rings. The number of anilines is 1. The summed E-state index contributed by atoms with van der Waals surface area (Å²) in [5.74, 6) is 1.31. The first-order valence-corrected chi connectivity index (χ1v) is 13.5. The Balaban J connectivity index is 1.36. The molecule has 2 aromatic rings. The van der Waals surface area contributed by atoms with Crippen molar-refractivity contribution in [3.8, 4) is 11.5 Å². The van der Waals surface area contributed by atoms with Gasteiger partial charge in [-0.2, -0.15) is 0 Å². The van der Waals surface area contributed by atoms with Crippen LogP contribution in [0, 0.1) is 22.7 Å². The van der Waals surface area contributed by atoms with E-state index in [1.807, 2.05) is 30.3 Å². The monoisotopic (exact) mass is 503 g/mol. The number of para-hydroxylation sites is 1. The number of phenols is 1. The van der Waals surface area contributed by atoms with Gasteiger partial charge in [-0.1, -0.05) is 45.9 Å². The van der Waals surface area contributed by atoms with Gasteiger partial charge in [-0.05, 0) is 61.6 Å². The Kier molecular flexibility index (Phi) is 5.31. The minimum absolute atomic E-state index is 0.00683. The average molecular weight is 504 g/mol. The second kappa shape index (κ2) is 8.14. The average Bonchev–Trinajstić information content (AvgIpc) is 3.22. The van der Waals surface area contributed by atoms with Crippen LogP contribution in [0.15, 0.2) is 36.4 Å². The van der Waals surface area contributed by atoms with Gasteiger partial charge in [0.15, 0.2) is 0 Å². The lowest BCUT2D eigenvalue weighted by molar-refractivity contribution is -0.216. The number of benzene rings is 2. The van der Waals surface area contributed by atoms with Crippen LogP contribution in [0.5, 0.6) is 11.5 Å². The molecule has 196 valence electrons. The Bertz CT molecular complexity index is 1280. The molecule has 4 aliphatic rings. The number of ether oxygens (including phenoxy) is 1. The molecule has 2 saturated carbocycles. The fraction of sp³-hybridized carbons (Fsp3) is 0.533. The molecule has 2 heterocycles. The largest absolute Gasteiger partial charge is 0.508 e. The first kappa shape index (κ1) is 24.1. The van der Waals surface area contributed by atoms with Crippen LogP contribution in [-0.4, -0.2) is 28.7 Å². The number of amides is 3. The van der Waals surface area contributed by atoms with Crippen molar-refractivity contribution in [1.82, 2.24) is 10.6 Å². The third kappa shape index (κ3) is 3.39. The summed E-state index contributed by atoms with van der Waals surface area (Å²) >= 11 is 0. The molecule has 37 heavy (non-hydrogen) atoms. The van der Waals surface area contributed by atoms with Crippen molar-refractivity contribution >= 4 is 17.6 Å². The van der Waals surface area contributed by atoms with Gasteiger partial charge in [0.05, 0.1) is 5.56 Å². The molecule has 7 nitrogen and oxygen atoms in total. The van der Waals surface area contributed by atoms with Gasteiger partial charge in [-0.25, -0.2) is 4.79 Å². The van der Waals surface area contributed by atoms with E-state index in [2.05, 4.69) is 43.6 Å². The molecule has 2 aliphatic carbocycles. The molecular formula is C30H37N3O4. The van der Waals surface area contributed by atoms with E-state index in [0.717, 1.165) is 48.9 Å². The van der Waals surface area contributed by atoms with E-state index < -0.39 is 5.60 Å². The molecule has 0 aromatic heterocycles. The second-order valence-electron chi connectivity index (χ2n) is 12.4. The first-order chi connectivity index (χ1) is 17.6. The van der Waals surface area contributed by atoms with Crippen molar-refractivity contribution in [1.29, 1.82) is 0 Å². The van der Waals surface area contributed by atoms with Crippen LogP contribution in [0.3, 0.4) is 0 Å². The summed E-state index contributed by atoms with van der Waals surface area (Å²) in [4.78, 5) is 25.4. The lowest BCUT2D eigenvalue weighted by Gasteiger charge is -2.67. The highest BCUT2D eigenvalue weighted by Gasteiger charge is 2.68. The van der Waals surface area contributed by atoms with Gasteiger partial charge in [0.25, 0.3) is 5.91 Å². The Morgan fingerprint density at radius 2 is 1.86 bits per heavy atom. The predicted octanol–water partition coefficient (Wildman–Crippen LogP) is 5.37. The molecule has 0 unspecified atom stereocenters. The third-order valence-electron chi connectivity index (χ3n) is 10.4. The molecular weight excluding hydrogens is 466 g/mol. The maximum Gasteiger partial charge on any atom is 0.319 e. The number of fused-ring (bicyclic) bond motifs is 3. The van der Waals surface area contributed by atoms with E-state index in [-0.39, 0.29) is 40.5 Å². The summed E-state index contributed by atoms with van der Waals surface area (Å²) < 4.78 is 7.18. The van der Waals surface area contributed by atoms with Gasteiger partial charge in [-0.3, -0.25) is 4.79 Å². The molecule has 2 aliphatic heterocycles. The van der Waals surface area contributed by atoms with Crippen LogP contribution in [0.1, 0.15) is 74.9 Å². The maximum absolute atomic E-state index is 13.0. The summed E-state index contributed by atoms with van der Waals surface area (Å²) in [5, 5.41) is 20.1. The zero-order valence-corrected chi connectivity index (χ0v) is 22.1. The van der Waals surface area contributed by atoms with E-state index in [0.29, 0.717) is 23.8 Å². The normalized spacial score (nSPS) is 33.1. The minimum atomic E-state index is -0.442. The lowest BCUT2D eigenvalue weighted by Crippen LogP contribution is -2.72. The highest BCUT2D eigenvalue weighted by Crippen LogP contribution is 2.66. The van der Waals surface area contributed by atoms with Crippen LogP contribution >= 0.6 is 0 Å². The third-order valence-corrected chi connectivity index (χ3v) is 10.4. The molecule has 3 amide bonds. The summed E-state index contributed by atoms with van der Waals surface area (Å²) in [6, 6.07) is 10.9. The van der Waals surface area contributed by atoms with Gasteiger partial charge in [-0.15, -0.1) is 0 Å². The SMILES string of the molecule is C[C@H]1CC[C@H]2C(C)(C)[C@@H](NC(=O)Nc3ccccc3)CC[C@]23Oc2c(c(O)cc4c2CNC4=O)C[C@]13C. The van der Waals surface area contributed by atoms with Crippen molar-refractivity contribution in [3.63, 3.8) is 0 Å². The quantitative estimate of drug-likeness (QED) is 0.443. The summed E-state index contributed by atoms with van der Waals surface area (Å²) in [5.41, 5.74) is 2.14. The number of nitrogens with one attached hydrogen (secondary N) is 3. The number of carbonyl (C=O) groups is 2. The summed E-state index contributed by atoms with van der Waals surface area (Å²) in [6.07, 6.45) is 4.40. The molecule has 2 aromatic carbocycles. The molecule has 6 rings (SSSR count). The van der Waals surface area contributed by atoms with Crippen LogP contribution < -0.4 is 20.7 Å². The van der Waals surface area contributed by atoms with Crippen molar-refractivity contribution in [2.75, 3.05) is 5.32 Å². The highest BCUT2D eigenvalue weighted by atomic mass is 16.5. The van der Waals surface area contributed by atoms with E-state index in [9.17, 15) is 14.7 Å². The Morgan fingerprint density at radius 1 is 1.11 bits per heavy atom. The Labute approximate surface area is 218 Å². The van der Waals surface area contributed by atoms with Gasteiger partial charge in [0.1, 0.15) is 17.1 Å².